The summed E-state index contributed by atoms with van der Waals surface area (Å²) in [4.78, 5) is 19.1. The van der Waals surface area contributed by atoms with Crippen molar-refractivity contribution in [3.05, 3.63) is 54.4 Å². The molecule has 1 aromatic carbocycles. The highest BCUT2D eigenvalue weighted by Crippen LogP contribution is 2.21. The fourth-order valence-corrected chi connectivity index (χ4v) is 3.06. The SMILES string of the molecule is O=C(Nc1ccc(N2CCCCC2)nc1)c1cc2ccccc2o1. The van der Waals surface area contributed by atoms with Gasteiger partial charge in [0.15, 0.2) is 5.76 Å². The number of carbonyl (C=O) groups is 1. The minimum absolute atomic E-state index is 0.265. The molecule has 2 aromatic heterocycles. The number of carbonyl (C=O) groups excluding carboxylic acids is 1. The molecule has 5 heteroatoms. The van der Waals surface area contributed by atoms with Crippen LogP contribution in [-0.4, -0.2) is 24.0 Å². The first-order chi connectivity index (χ1) is 11.8. The fourth-order valence-electron chi connectivity index (χ4n) is 3.06. The normalized spacial score (nSPS) is 14.8. The Kier molecular flexibility index (Phi) is 3.91. The number of pyridine rings is 1. The Morgan fingerprint density at radius 3 is 2.67 bits per heavy atom. The number of piperidine rings is 1. The zero-order valence-electron chi connectivity index (χ0n) is 13.4. The van der Waals surface area contributed by atoms with Gasteiger partial charge in [-0.05, 0) is 43.5 Å². The molecule has 0 unspecified atom stereocenters. The second kappa shape index (κ2) is 6.35. The van der Waals surface area contributed by atoms with Gasteiger partial charge in [-0.3, -0.25) is 4.79 Å². The van der Waals surface area contributed by atoms with E-state index in [0.29, 0.717) is 17.0 Å². The molecule has 0 aliphatic carbocycles. The minimum Gasteiger partial charge on any atom is -0.451 e. The van der Waals surface area contributed by atoms with Crippen LogP contribution in [-0.2, 0) is 0 Å². The molecule has 0 atom stereocenters. The van der Waals surface area contributed by atoms with Crippen molar-refractivity contribution in [3.63, 3.8) is 0 Å². The van der Waals surface area contributed by atoms with Crippen LogP contribution < -0.4 is 10.2 Å². The average molecular weight is 321 g/mol. The minimum atomic E-state index is -0.265. The number of amides is 1. The van der Waals surface area contributed by atoms with Gasteiger partial charge in [0.2, 0.25) is 0 Å². The van der Waals surface area contributed by atoms with E-state index in [9.17, 15) is 4.79 Å². The van der Waals surface area contributed by atoms with E-state index in [0.717, 1.165) is 24.3 Å². The average Bonchev–Trinajstić information content (AvgIpc) is 3.07. The van der Waals surface area contributed by atoms with Crippen LogP contribution in [0.2, 0.25) is 0 Å². The van der Waals surface area contributed by atoms with Crippen molar-refractivity contribution in [1.82, 2.24) is 4.98 Å². The number of aromatic nitrogens is 1. The largest absolute Gasteiger partial charge is 0.451 e. The van der Waals surface area contributed by atoms with Crippen LogP contribution in [0.15, 0.2) is 53.1 Å². The van der Waals surface area contributed by atoms with Crippen LogP contribution in [0.25, 0.3) is 11.0 Å². The predicted molar refractivity (Wildman–Crippen MR) is 94.5 cm³/mol. The molecule has 122 valence electrons. The Labute approximate surface area is 140 Å². The third-order valence-corrected chi connectivity index (χ3v) is 4.34. The summed E-state index contributed by atoms with van der Waals surface area (Å²) in [5, 5.41) is 3.75. The number of hydrogen-bond donors (Lipinski definition) is 1. The molecule has 0 spiro atoms. The Morgan fingerprint density at radius 2 is 1.92 bits per heavy atom. The maximum absolute atomic E-state index is 12.3. The van der Waals surface area contributed by atoms with Crippen LogP contribution in [0, 0.1) is 0 Å². The summed E-state index contributed by atoms with van der Waals surface area (Å²) >= 11 is 0. The zero-order chi connectivity index (χ0) is 16.4. The van der Waals surface area contributed by atoms with E-state index in [-0.39, 0.29) is 5.91 Å². The molecule has 4 rings (SSSR count). The number of fused-ring (bicyclic) bond motifs is 1. The molecule has 1 aliphatic rings. The zero-order valence-corrected chi connectivity index (χ0v) is 13.4. The second-order valence-corrected chi connectivity index (χ2v) is 6.06. The molecule has 0 radical (unpaired) electrons. The Hall–Kier alpha value is -2.82. The van der Waals surface area contributed by atoms with Gasteiger partial charge < -0.3 is 14.6 Å². The number of para-hydroxylation sites is 1. The summed E-state index contributed by atoms with van der Waals surface area (Å²) in [5.41, 5.74) is 1.38. The van der Waals surface area contributed by atoms with Crippen molar-refractivity contribution < 1.29 is 9.21 Å². The van der Waals surface area contributed by atoms with Gasteiger partial charge in [-0.1, -0.05) is 18.2 Å². The van der Waals surface area contributed by atoms with Gasteiger partial charge in [0.25, 0.3) is 5.91 Å². The molecule has 0 bridgehead atoms. The fraction of sp³-hybridized carbons (Fsp3) is 0.263. The monoisotopic (exact) mass is 321 g/mol. The number of nitrogens with zero attached hydrogens (tertiary/aromatic N) is 2. The highest BCUT2D eigenvalue weighted by molar-refractivity contribution is 6.04. The van der Waals surface area contributed by atoms with Crippen molar-refractivity contribution in [3.8, 4) is 0 Å². The van der Waals surface area contributed by atoms with E-state index < -0.39 is 0 Å². The first-order valence-corrected chi connectivity index (χ1v) is 8.30. The van der Waals surface area contributed by atoms with E-state index >= 15 is 0 Å². The summed E-state index contributed by atoms with van der Waals surface area (Å²) in [6.45, 7) is 2.11. The van der Waals surface area contributed by atoms with Crippen LogP contribution in [0.1, 0.15) is 29.8 Å². The van der Waals surface area contributed by atoms with E-state index in [2.05, 4.69) is 15.2 Å². The lowest BCUT2D eigenvalue weighted by molar-refractivity contribution is 0.0998. The molecule has 1 fully saturated rings. The number of nitrogens with one attached hydrogen (secondary N) is 1. The van der Waals surface area contributed by atoms with Crippen LogP contribution in [0.3, 0.4) is 0 Å². The Bertz CT molecular complexity index is 815. The molecular weight excluding hydrogens is 302 g/mol. The van der Waals surface area contributed by atoms with E-state index in [1.165, 1.54) is 19.3 Å². The third-order valence-electron chi connectivity index (χ3n) is 4.34. The van der Waals surface area contributed by atoms with Crippen molar-refractivity contribution in [2.45, 2.75) is 19.3 Å². The predicted octanol–water partition coefficient (Wildman–Crippen LogP) is 4.07. The molecule has 3 aromatic rings. The highest BCUT2D eigenvalue weighted by atomic mass is 16.3. The lowest BCUT2D eigenvalue weighted by Crippen LogP contribution is -2.30. The smallest absolute Gasteiger partial charge is 0.291 e. The lowest BCUT2D eigenvalue weighted by Gasteiger charge is -2.27. The van der Waals surface area contributed by atoms with Crippen LogP contribution in [0.5, 0.6) is 0 Å². The highest BCUT2D eigenvalue weighted by Gasteiger charge is 2.14. The number of anilines is 2. The van der Waals surface area contributed by atoms with Crippen molar-refractivity contribution in [1.29, 1.82) is 0 Å². The topological polar surface area (TPSA) is 58.4 Å². The standard InChI is InChI=1S/C19H19N3O2/c23-19(17-12-14-6-2-3-7-16(14)24-17)21-15-8-9-18(20-13-15)22-10-4-1-5-11-22/h2-3,6-9,12-13H,1,4-5,10-11H2,(H,21,23). The van der Waals surface area contributed by atoms with Gasteiger partial charge in [-0.25, -0.2) is 4.98 Å². The summed E-state index contributed by atoms with van der Waals surface area (Å²) in [5.74, 6) is 1.01. The molecule has 1 aliphatic heterocycles. The van der Waals surface area contributed by atoms with Crippen molar-refractivity contribution in [2.24, 2.45) is 0 Å². The summed E-state index contributed by atoms with van der Waals surface area (Å²) in [6.07, 6.45) is 5.42. The number of benzene rings is 1. The van der Waals surface area contributed by atoms with Gasteiger partial charge in [0, 0.05) is 18.5 Å². The Balaban J connectivity index is 1.47. The van der Waals surface area contributed by atoms with Gasteiger partial charge in [0.05, 0.1) is 11.9 Å². The number of hydrogen-bond acceptors (Lipinski definition) is 4. The number of rotatable bonds is 3. The molecule has 3 heterocycles. The molecule has 1 N–H and O–H groups in total. The third kappa shape index (κ3) is 2.97. The van der Waals surface area contributed by atoms with Gasteiger partial charge in [-0.2, -0.15) is 0 Å². The quantitative estimate of drug-likeness (QED) is 0.790. The van der Waals surface area contributed by atoms with Gasteiger partial charge >= 0.3 is 0 Å². The summed E-state index contributed by atoms with van der Waals surface area (Å²) in [7, 11) is 0. The van der Waals surface area contributed by atoms with Crippen LogP contribution in [0.4, 0.5) is 11.5 Å². The molecule has 0 saturated carbocycles. The van der Waals surface area contributed by atoms with Gasteiger partial charge in [0.1, 0.15) is 11.4 Å². The molecule has 1 amide bonds. The van der Waals surface area contributed by atoms with Crippen molar-refractivity contribution in [2.75, 3.05) is 23.3 Å². The first-order valence-electron chi connectivity index (χ1n) is 8.30. The molecule has 1 saturated heterocycles. The molecule has 5 nitrogen and oxygen atoms in total. The molecular formula is C19H19N3O2. The molecule has 24 heavy (non-hydrogen) atoms. The summed E-state index contributed by atoms with van der Waals surface area (Å²) in [6, 6.07) is 13.2. The van der Waals surface area contributed by atoms with Gasteiger partial charge in [-0.15, -0.1) is 0 Å². The second-order valence-electron chi connectivity index (χ2n) is 6.06. The maximum Gasteiger partial charge on any atom is 0.291 e. The van der Waals surface area contributed by atoms with Crippen LogP contribution >= 0.6 is 0 Å². The maximum atomic E-state index is 12.3. The first kappa shape index (κ1) is 14.8. The van der Waals surface area contributed by atoms with E-state index in [1.54, 1.807) is 12.3 Å². The van der Waals surface area contributed by atoms with Crippen molar-refractivity contribution >= 4 is 28.4 Å². The Morgan fingerprint density at radius 1 is 1.08 bits per heavy atom. The van der Waals surface area contributed by atoms with E-state index in [1.807, 2.05) is 36.4 Å². The number of furan rings is 1. The lowest BCUT2D eigenvalue weighted by atomic mass is 10.1. The summed E-state index contributed by atoms with van der Waals surface area (Å²) < 4.78 is 5.58. The van der Waals surface area contributed by atoms with E-state index in [4.69, 9.17) is 4.42 Å².